The predicted molar refractivity (Wildman–Crippen MR) is 210 cm³/mol. The fourth-order valence-electron chi connectivity index (χ4n) is 7.42. The summed E-state index contributed by atoms with van der Waals surface area (Å²) in [6.45, 7) is 12.6. The molecule has 280 valence electrons. The summed E-state index contributed by atoms with van der Waals surface area (Å²) in [5.74, 6) is -1.33. The summed E-state index contributed by atoms with van der Waals surface area (Å²) in [6, 6.07) is 5.55. The molecule has 1 fully saturated rings. The van der Waals surface area contributed by atoms with Crippen LogP contribution in [0.5, 0.6) is 5.75 Å². The lowest BCUT2D eigenvalue weighted by atomic mass is 9.68. The third kappa shape index (κ3) is 12.7. The highest BCUT2D eigenvalue weighted by Crippen LogP contribution is 2.44. The van der Waals surface area contributed by atoms with Gasteiger partial charge >= 0.3 is 0 Å². The Morgan fingerprint density at radius 1 is 0.600 bits per heavy atom. The molecule has 1 saturated carbocycles. The van der Waals surface area contributed by atoms with Crippen LogP contribution in [0.15, 0.2) is 53.3 Å². The van der Waals surface area contributed by atoms with E-state index in [4.69, 9.17) is 0 Å². The van der Waals surface area contributed by atoms with Gasteiger partial charge in [-0.3, -0.25) is 9.59 Å². The van der Waals surface area contributed by atoms with Crippen molar-refractivity contribution in [3.05, 3.63) is 58.8 Å². The summed E-state index contributed by atoms with van der Waals surface area (Å²) >= 11 is 0. The summed E-state index contributed by atoms with van der Waals surface area (Å²) in [5.41, 5.74) is 2.74. The molecule has 2 N–H and O–H groups in total. The highest BCUT2D eigenvalue weighted by atomic mass is 16.3. The van der Waals surface area contributed by atoms with Crippen molar-refractivity contribution in [1.82, 2.24) is 4.90 Å². The van der Waals surface area contributed by atoms with Crippen molar-refractivity contribution in [2.24, 2.45) is 0 Å². The summed E-state index contributed by atoms with van der Waals surface area (Å²) in [6.07, 6.45) is 28.3. The molecule has 0 radical (unpaired) electrons. The first-order valence-electron chi connectivity index (χ1n) is 20.6. The molecule has 0 heterocycles. The number of carbonyl (C=O) groups excluding carboxylic acids is 2. The van der Waals surface area contributed by atoms with E-state index in [2.05, 4.69) is 37.5 Å². The van der Waals surface area contributed by atoms with Crippen molar-refractivity contribution >= 4 is 17.3 Å². The smallest absolute Gasteiger partial charge is 0.188 e. The van der Waals surface area contributed by atoms with E-state index >= 15 is 0 Å². The number of aliphatic hydroxyl groups is 1. The first kappa shape index (κ1) is 41.6. The van der Waals surface area contributed by atoms with Gasteiger partial charge in [-0.05, 0) is 43.9 Å². The summed E-state index contributed by atoms with van der Waals surface area (Å²) < 4.78 is 0. The molecule has 6 nitrogen and oxygen atoms in total. The number of phenols is 1. The Morgan fingerprint density at radius 2 is 1.06 bits per heavy atom. The van der Waals surface area contributed by atoms with Crippen molar-refractivity contribution in [2.45, 2.75) is 168 Å². The minimum absolute atomic E-state index is 0.0344. The fourth-order valence-corrected chi connectivity index (χ4v) is 7.42. The van der Waals surface area contributed by atoms with E-state index in [1.165, 1.54) is 103 Å². The molecule has 0 aromatic heterocycles. The number of hydrogen-bond donors (Lipinski definition) is 2. The highest BCUT2D eigenvalue weighted by Gasteiger charge is 2.48. The van der Waals surface area contributed by atoms with E-state index in [1.807, 2.05) is 12.1 Å². The number of allylic oxidation sites excluding steroid dienone is 4. The van der Waals surface area contributed by atoms with E-state index in [0.29, 0.717) is 5.56 Å². The first-order chi connectivity index (χ1) is 24.4. The number of ketones is 2. The number of Topliss-reactive ketones (excluding diaryl/α,β-unsaturated/α-hetero) is 1. The molecule has 0 aliphatic heterocycles. The molecule has 0 saturated heterocycles. The van der Waals surface area contributed by atoms with E-state index in [1.54, 1.807) is 24.3 Å². The highest BCUT2D eigenvalue weighted by molar-refractivity contribution is 6.19. The Labute approximate surface area is 305 Å². The average molecular weight is 691 g/mol. The van der Waals surface area contributed by atoms with Gasteiger partial charge in [-0.1, -0.05) is 136 Å². The third-order valence-electron chi connectivity index (χ3n) is 10.6. The number of aliphatic hydroxyl groups excluding tert-OH is 1. The van der Waals surface area contributed by atoms with Gasteiger partial charge in [-0.25, -0.2) is 0 Å². The molecule has 2 aliphatic rings. The van der Waals surface area contributed by atoms with Gasteiger partial charge in [0.05, 0.1) is 12.0 Å². The van der Waals surface area contributed by atoms with E-state index in [0.717, 1.165) is 63.2 Å². The topological polar surface area (TPSA) is 81.1 Å². The van der Waals surface area contributed by atoms with Gasteiger partial charge in [-0.2, -0.15) is 0 Å². The first-order valence-corrected chi connectivity index (χ1v) is 20.6. The molecule has 0 spiro atoms. The van der Waals surface area contributed by atoms with Crippen molar-refractivity contribution in [2.75, 3.05) is 31.1 Å². The fraction of sp³-hybridized carbons (Fsp3) is 0.682. The second-order valence-corrected chi connectivity index (χ2v) is 14.8. The second kappa shape index (κ2) is 23.6. The molecule has 1 aromatic carbocycles. The van der Waals surface area contributed by atoms with Crippen LogP contribution < -0.4 is 4.90 Å². The molecule has 2 unspecified atom stereocenters. The average Bonchev–Trinajstić information content (AvgIpc) is 3.11. The molecule has 0 amide bonds. The Hall–Kier alpha value is -2.86. The maximum atomic E-state index is 13.6. The number of hydrogen-bond acceptors (Lipinski definition) is 6. The Bertz CT molecular complexity index is 1240. The van der Waals surface area contributed by atoms with E-state index < -0.39 is 12.0 Å². The lowest BCUT2D eigenvalue weighted by Crippen LogP contribution is -2.44. The normalized spacial score (nSPS) is 18.8. The van der Waals surface area contributed by atoms with Gasteiger partial charge in [-0.15, -0.1) is 0 Å². The van der Waals surface area contributed by atoms with Gasteiger partial charge < -0.3 is 20.0 Å². The molecule has 2 atom stereocenters. The number of aromatic hydroxyl groups is 1. The van der Waals surface area contributed by atoms with Crippen LogP contribution >= 0.6 is 0 Å². The second-order valence-electron chi connectivity index (χ2n) is 14.8. The Morgan fingerprint density at radius 3 is 1.48 bits per heavy atom. The summed E-state index contributed by atoms with van der Waals surface area (Å²) in [4.78, 5) is 31.7. The Balaban J connectivity index is 1.69. The molecule has 0 bridgehead atoms. The zero-order valence-electron chi connectivity index (χ0n) is 32.2. The molecule has 6 heteroatoms. The number of anilines is 1. The Kier molecular flexibility index (Phi) is 19.6. The van der Waals surface area contributed by atoms with Crippen LogP contribution in [0.4, 0.5) is 5.69 Å². The van der Waals surface area contributed by atoms with E-state index in [-0.39, 0.29) is 28.5 Å². The molecule has 3 rings (SSSR count). The van der Waals surface area contributed by atoms with Crippen molar-refractivity contribution < 1.29 is 19.8 Å². The van der Waals surface area contributed by atoms with Crippen molar-refractivity contribution in [1.29, 1.82) is 0 Å². The van der Waals surface area contributed by atoms with Crippen LogP contribution in [-0.2, 0) is 9.59 Å². The van der Waals surface area contributed by atoms with Crippen LogP contribution in [0.1, 0.15) is 168 Å². The largest absolute Gasteiger partial charge is 0.508 e. The number of rotatable bonds is 27. The number of unbranched alkanes of at least 4 members (excludes halogenated alkanes) is 16. The van der Waals surface area contributed by atoms with Crippen LogP contribution in [0.3, 0.4) is 0 Å². The summed E-state index contributed by atoms with van der Waals surface area (Å²) in [5, 5.41) is 22.4. The van der Waals surface area contributed by atoms with Crippen LogP contribution in [0, 0.1) is 0 Å². The molecule has 1 aromatic rings. The number of phenolic OH excluding ortho intramolecular Hbond substituents is 1. The van der Waals surface area contributed by atoms with E-state index in [9.17, 15) is 19.8 Å². The van der Waals surface area contributed by atoms with Gasteiger partial charge in [0, 0.05) is 66.4 Å². The van der Waals surface area contributed by atoms with Gasteiger partial charge in [0.25, 0.3) is 0 Å². The predicted octanol–water partition coefficient (Wildman–Crippen LogP) is 10.7. The molecule has 2 aliphatic carbocycles. The molecule has 50 heavy (non-hydrogen) atoms. The van der Waals surface area contributed by atoms with Crippen molar-refractivity contribution in [3.63, 3.8) is 0 Å². The van der Waals surface area contributed by atoms with Gasteiger partial charge in [0.1, 0.15) is 5.75 Å². The van der Waals surface area contributed by atoms with Crippen LogP contribution in [0.25, 0.3) is 0 Å². The molecular weight excluding hydrogens is 620 g/mol. The number of nitrogens with zero attached hydrogens (tertiary/aromatic N) is 2. The number of benzene rings is 1. The minimum atomic E-state index is -1.13. The number of carbonyl (C=O) groups is 2. The zero-order valence-corrected chi connectivity index (χ0v) is 32.2. The third-order valence-corrected chi connectivity index (χ3v) is 10.6. The lowest BCUT2D eigenvalue weighted by Gasteiger charge is -2.36. The van der Waals surface area contributed by atoms with Crippen LogP contribution in [-0.4, -0.2) is 59.0 Å². The summed E-state index contributed by atoms with van der Waals surface area (Å²) in [7, 11) is 0. The van der Waals surface area contributed by atoms with Crippen LogP contribution in [0.2, 0.25) is 0 Å². The molecular formula is C44H70N2O4. The van der Waals surface area contributed by atoms with Gasteiger partial charge in [0.15, 0.2) is 11.6 Å². The lowest BCUT2D eigenvalue weighted by molar-refractivity contribution is -0.126. The van der Waals surface area contributed by atoms with Crippen molar-refractivity contribution in [3.8, 4) is 5.75 Å². The van der Waals surface area contributed by atoms with Gasteiger partial charge in [0.2, 0.25) is 0 Å². The maximum absolute atomic E-state index is 13.6. The SMILES string of the molecule is CCCCCCCN(CCCCCCC)C1=CC(=O)C(=C2C(=O)C(c3ccc(N(CCCCCCC)CCCCCCC)cc3O)C2O)C=C1. The monoisotopic (exact) mass is 691 g/mol. The maximum Gasteiger partial charge on any atom is 0.188 e. The minimum Gasteiger partial charge on any atom is -0.508 e. The quantitative estimate of drug-likeness (QED) is 0.0706. The standard InChI is InChI=1S/C44H70N2O4/c1-5-9-13-17-21-29-45(30-22-18-14-10-6-2)35-25-27-37(39(47)33-35)41-43(49)42(44(41)50)38-28-26-36(34-40(38)48)46(31-23-19-15-11-7-3)32-24-20-16-12-8-4/h25-28,33-34,41,43,47,49H,5-24,29-32H2,1-4H3. The zero-order chi connectivity index (χ0) is 36.1.